The molecule has 0 saturated carbocycles. The maximum absolute atomic E-state index is 12.9. The number of aromatic nitrogens is 2. The topological polar surface area (TPSA) is 80.9 Å². The normalized spacial score (nSPS) is 11.5. The van der Waals surface area contributed by atoms with E-state index in [1.807, 2.05) is 18.2 Å². The summed E-state index contributed by atoms with van der Waals surface area (Å²) in [5, 5.41) is 3.30. The van der Waals surface area contributed by atoms with Gasteiger partial charge in [0, 0.05) is 27.3 Å². The molecule has 0 fully saturated rings. The van der Waals surface area contributed by atoms with Gasteiger partial charge in [-0.1, -0.05) is 28.1 Å². The first kappa shape index (κ1) is 20.8. The Kier molecular flexibility index (Phi) is 5.36. The minimum Gasteiger partial charge on any atom is -0.368 e. The fourth-order valence-corrected chi connectivity index (χ4v) is 3.58. The number of nitrogens with zero attached hydrogens (tertiary/aromatic N) is 2. The van der Waals surface area contributed by atoms with Crippen molar-refractivity contribution in [3.8, 4) is 11.1 Å². The third-order valence-corrected chi connectivity index (χ3v) is 5.00. The molecule has 4 rings (SSSR count). The van der Waals surface area contributed by atoms with Crippen LogP contribution >= 0.6 is 15.9 Å². The number of hydrogen-bond acceptors (Lipinski definition) is 4. The van der Waals surface area contributed by atoms with E-state index in [-0.39, 0.29) is 17.2 Å². The van der Waals surface area contributed by atoms with E-state index in [0.29, 0.717) is 9.99 Å². The molecular formula is C22H14BrF3N4O. The largest absolute Gasteiger partial charge is 0.416 e. The maximum atomic E-state index is 12.9. The first-order chi connectivity index (χ1) is 14.7. The summed E-state index contributed by atoms with van der Waals surface area (Å²) < 4.78 is 39.4. The molecule has 3 N–H and O–H groups in total. The van der Waals surface area contributed by atoms with Gasteiger partial charge in [-0.15, -0.1) is 0 Å². The van der Waals surface area contributed by atoms with Crippen LogP contribution in [0.4, 0.5) is 24.8 Å². The Balaban J connectivity index is 1.65. The number of carbonyl (C=O) groups excluding carboxylic acids is 1. The van der Waals surface area contributed by atoms with Gasteiger partial charge in [-0.25, -0.2) is 9.97 Å². The van der Waals surface area contributed by atoms with E-state index >= 15 is 0 Å². The van der Waals surface area contributed by atoms with Crippen molar-refractivity contribution in [3.05, 3.63) is 82.5 Å². The number of halogens is 4. The molecule has 1 aromatic heterocycles. The van der Waals surface area contributed by atoms with Gasteiger partial charge in [-0.2, -0.15) is 13.2 Å². The van der Waals surface area contributed by atoms with E-state index in [1.54, 1.807) is 24.4 Å². The Morgan fingerprint density at radius 1 is 1.00 bits per heavy atom. The third-order valence-electron chi connectivity index (χ3n) is 4.54. The van der Waals surface area contributed by atoms with Crippen molar-refractivity contribution in [1.29, 1.82) is 0 Å². The predicted molar refractivity (Wildman–Crippen MR) is 116 cm³/mol. The molecule has 0 aliphatic rings. The van der Waals surface area contributed by atoms with Crippen LogP contribution in [-0.2, 0) is 6.18 Å². The Morgan fingerprint density at radius 3 is 2.58 bits per heavy atom. The average Bonchev–Trinajstić information content (AvgIpc) is 2.72. The second-order valence-electron chi connectivity index (χ2n) is 6.76. The molecule has 156 valence electrons. The summed E-state index contributed by atoms with van der Waals surface area (Å²) in [6.07, 6.45) is -2.88. The summed E-state index contributed by atoms with van der Waals surface area (Å²) in [6.45, 7) is 0. The van der Waals surface area contributed by atoms with Crippen LogP contribution in [0.25, 0.3) is 22.0 Å². The van der Waals surface area contributed by atoms with Crippen molar-refractivity contribution in [2.75, 3.05) is 11.1 Å². The van der Waals surface area contributed by atoms with E-state index in [2.05, 4.69) is 31.2 Å². The van der Waals surface area contributed by atoms with Crippen molar-refractivity contribution in [1.82, 2.24) is 9.97 Å². The molecule has 1 amide bonds. The van der Waals surface area contributed by atoms with Gasteiger partial charge < -0.3 is 11.1 Å². The van der Waals surface area contributed by atoms with Gasteiger partial charge in [0.15, 0.2) is 0 Å². The quantitative estimate of drug-likeness (QED) is 0.377. The monoisotopic (exact) mass is 486 g/mol. The molecule has 0 radical (unpaired) electrons. The zero-order valence-electron chi connectivity index (χ0n) is 15.7. The van der Waals surface area contributed by atoms with Gasteiger partial charge in [0.05, 0.1) is 11.1 Å². The zero-order chi connectivity index (χ0) is 22.2. The highest BCUT2D eigenvalue weighted by molar-refractivity contribution is 9.10. The Morgan fingerprint density at radius 2 is 1.81 bits per heavy atom. The Hall–Kier alpha value is -3.46. The highest BCUT2D eigenvalue weighted by Gasteiger charge is 2.30. The number of carbonyl (C=O) groups is 1. The summed E-state index contributed by atoms with van der Waals surface area (Å²) in [4.78, 5) is 20.9. The molecule has 0 aliphatic heterocycles. The van der Waals surface area contributed by atoms with Crippen LogP contribution in [0.3, 0.4) is 0 Å². The SMILES string of the molecule is Nc1ncc2cc(-c3cc(Br)cc(C(=O)Nc4cccc(C(F)(F)F)c4)c3)ccc2n1. The minimum atomic E-state index is -4.49. The molecule has 0 atom stereocenters. The lowest BCUT2D eigenvalue weighted by Crippen LogP contribution is -2.13. The highest BCUT2D eigenvalue weighted by Crippen LogP contribution is 2.31. The number of benzene rings is 3. The van der Waals surface area contributed by atoms with E-state index in [0.717, 1.165) is 28.6 Å². The minimum absolute atomic E-state index is 0.0572. The van der Waals surface area contributed by atoms with E-state index < -0.39 is 17.6 Å². The Labute approximate surface area is 183 Å². The lowest BCUT2D eigenvalue weighted by Gasteiger charge is -2.11. The number of hydrogen-bond donors (Lipinski definition) is 2. The number of rotatable bonds is 3. The average molecular weight is 487 g/mol. The summed E-state index contributed by atoms with van der Waals surface area (Å²) in [7, 11) is 0. The molecule has 1 heterocycles. The number of alkyl halides is 3. The molecule has 0 unspecified atom stereocenters. The summed E-state index contributed by atoms with van der Waals surface area (Å²) >= 11 is 3.39. The molecular weight excluding hydrogens is 473 g/mol. The lowest BCUT2D eigenvalue weighted by atomic mass is 10.0. The molecule has 0 bridgehead atoms. The molecule has 9 heteroatoms. The van der Waals surface area contributed by atoms with Crippen LogP contribution in [0, 0.1) is 0 Å². The van der Waals surface area contributed by atoms with Crippen LogP contribution in [0.2, 0.25) is 0 Å². The summed E-state index contributed by atoms with van der Waals surface area (Å²) in [6, 6.07) is 15.1. The van der Waals surface area contributed by atoms with Crippen LogP contribution in [0.1, 0.15) is 15.9 Å². The van der Waals surface area contributed by atoms with Gasteiger partial charge >= 0.3 is 6.18 Å². The van der Waals surface area contributed by atoms with Crippen molar-refractivity contribution in [2.45, 2.75) is 6.18 Å². The fraction of sp³-hybridized carbons (Fsp3) is 0.0455. The van der Waals surface area contributed by atoms with E-state index in [9.17, 15) is 18.0 Å². The number of anilines is 2. The first-order valence-corrected chi connectivity index (χ1v) is 9.80. The van der Waals surface area contributed by atoms with Gasteiger partial charge in [0.25, 0.3) is 5.91 Å². The molecule has 31 heavy (non-hydrogen) atoms. The smallest absolute Gasteiger partial charge is 0.368 e. The van der Waals surface area contributed by atoms with Crippen LogP contribution in [-0.4, -0.2) is 15.9 Å². The van der Waals surface area contributed by atoms with Gasteiger partial charge in [0.1, 0.15) is 0 Å². The molecule has 0 spiro atoms. The zero-order valence-corrected chi connectivity index (χ0v) is 17.3. The predicted octanol–water partition coefficient (Wildman–Crippen LogP) is 5.91. The van der Waals surface area contributed by atoms with Gasteiger partial charge in [-0.3, -0.25) is 4.79 Å². The van der Waals surface area contributed by atoms with Crippen molar-refractivity contribution in [3.63, 3.8) is 0 Å². The lowest BCUT2D eigenvalue weighted by molar-refractivity contribution is -0.137. The fourth-order valence-electron chi connectivity index (χ4n) is 3.09. The molecule has 5 nitrogen and oxygen atoms in total. The van der Waals surface area contributed by atoms with Gasteiger partial charge in [0.2, 0.25) is 5.95 Å². The van der Waals surface area contributed by atoms with Gasteiger partial charge in [-0.05, 0) is 59.7 Å². The van der Waals surface area contributed by atoms with E-state index in [4.69, 9.17) is 5.73 Å². The van der Waals surface area contributed by atoms with Crippen molar-refractivity contribution in [2.24, 2.45) is 0 Å². The highest BCUT2D eigenvalue weighted by atomic mass is 79.9. The second-order valence-corrected chi connectivity index (χ2v) is 7.68. The molecule has 0 saturated heterocycles. The Bertz CT molecular complexity index is 1310. The maximum Gasteiger partial charge on any atom is 0.416 e. The molecule has 4 aromatic rings. The molecule has 3 aromatic carbocycles. The number of amides is 1. The standard InChI is InChI=1S/C22H14BrF3N4O/c23-17-8-13(12-4-5-19-15(6-12)11-28-21(27)30-19)7-14(9-17)20(31)29-18-3-1-2-16(10-18)22(24,25)26/h1-11H,(H,29,31)(H2,27,28,30). The number of nitrogen functional groups attached to an aromatic ring is 1. The second kappa shape index (κ2) is 7.99. The first-order valence-electron chi connectivity index (χ1n) is 9.01. The van der Waals surface area contributed by atoms with Crippen LogP contribution < -0.4 is 11.1 Å². The van der Waals surface area contributed by atoms with Crippen molar-refractivity contribution >= 4 is 44.4 Å². The summed E-state index contributed by atoms with van der Waals surface area (Å²) in [5.41, 5.74) is 7.36. The van der Waals surface area contributed by atoms with Crippen LogP contribution in [0.15, 0.2) is 71.3 Å². The van der Waals surface area contributed by atoms with Crippen molar-refractivity contribution < 1.29 is 18.0 Å². The number of fused-ring (bicyclic) bond motifs is 1. The number of nitrogens with one attached hydrogen (secondary N) is 1. The third kappa shape index (κ3) is 4.66. The summed E-state index contributed by atoms with van der Waals surface area (Å²) in [5.74, 6) is -0.352. The molecule has 0 aliphatic carbocycles. The van der Waals surface area contributed by atoms with E-state index in [1.165, 1.54) is 12.1 Å². The number of nitrogens with two attached hydrogens (primary N) is 1. The van der Waals surface area contributed by atoms with Crippen LogP contribution in [0.5, 0.6) is 0 Å².